The first-order valence-electron chi connectivity index (χ1n) is 9.86. The van der Waals surface area contributed by atoms with Gasteiger partial charge in [0, 0.05) is 17.7 Å². The molecule has 0 saturated carbocycles. The number of benzene rings is 2. The van der Waals surface area contributed by atoms with Crippen molar-refractivity contribution in [2.75, 3.05) is 14.1 Å². The molecule has 1 aromatic heterocycles. The van der Waals surface area contributed by atoms with Crippen molar-refractivity contribution in [3.8, 4) is 5.69 Å². The normalized spacial score (nSPS) is 16.1. The van der Waals surface area contributed by atoms with E-state index in [1.54, 1.807) is 16.8 Å². The lowest BCUT2D eigenvalue weighted by molar-refractivity contribution is -0.137. The lowest BCUT2D eigenvalue weighted by atomic mass is 9.97. The minimum atomic E-state index is -4.50. The molecule has 1 atom stereocenters. The minimum absolute atomic E-state index is 0.105. The van der Waals surface area contributed by atoms with E-state index in [0.717, 1.165) is 11.6 Å². The van der Waals surface area contributed by atoms with Crippen LogP contribution in [-0.4, -0.2) is 34.3 Å². The van der Waals surface area contributed by atoms with Gasteiger partial charge in [-0.05, 0) is 26.6 Å². The lowest BCUT2D eigenvalue weighted by Crippen LogP contribution is -2.20. The van der Waals surface area contributed by atoms with Gasteiger partial charge >= 0.3 is 6.18 Å². The molecule has 0 N–H and O–H groups in total. The van der Waals surface area contributed by atoms with E-state index in [1.165, 1.54) is 6.07 Å². The van der Waals surface area contributed by atoms with Crippen LogP contribution in [0.2, 0.25) is 0 Å². The van der Waals surface area contributed by atoms with E-state index in [2.05, 4.69) is 4.98 Å². The molecule has 2 aromatic carbocycles. The first-order chi connectivity index (χ1) is 14.3. The summed E-state index contributed by atoms with van der Waals surface area (Å²) in [6.45, 7) is 2.44. The highest BCUT2D eigenvalue weighted by molar-refractivity contribution is 6.15. The molecular weight excluding hydrogens is 389 g/mol. The van der Waals surface area contributed by atoms with E-state index < -0.39 is 11.7 Å². The summed E-state index contributed by atoms with van der Waals surface area (Å²) in [5, 5.41) is 0. The molecule has 0 bridgehead atoms. The van der Waals surface area contributed by atoms with Gasteiger partial charge in [0.05, 0.1) is 28.9 Å². The number of alkyl halides is 3. The number of aromatic nitrogens is 2. The molecule has 3 aromatic rings. The Morgan fingerprint density at radius 2 is 1.77 bits per heavy atom. The molecule has 0 fully saturated rings. The number of rotatable bonds is 4. The topological polar surface area (TPSA) is 33.4 Å². The zero-order valence-electron chi connectivity index (χ0n) is 17.1. The average Bonchev–Trinajstić information content (AvgIpc) is 3.04. The zero-order valence-corrected chi connectivity index (χ0v) is 17.1. The first-order valence-corrected chi connectivity index (χ1v) is 9.86. The number of para-hydroxylation sites is 1. The molecule has 0 saturated heterocycles. The molecule has 7 heteroatoms. The Labute approximate surface area is 173 Å². The molecule has 4 nitrogen and oxygen atoms in total. The molecule has 0 radical (unpaired) electrons. The summed E-state index contributed by atoms with van der Waals surface area (Å²) in [5.74, 6) is 0.540. The van der Waals surface area contributed by atoms with Crippen LogP contribution in [0.25, 0.3) is 5.69 Å². The summed E-state index contributed by atoms with van der Waals surface area (Å²) in [4.78, 5) is 11.4. The monoisotopic (exact) mass is 412 g/mol. The fourth-order valence-corrected chi connectivity index (χ4v) is 3.92. The predicted octanol–water partition coefficient (Wildman–Crippen LogP) is 5.25. The third-order valence-electron chi connectivity index (χ3n) is 5.18. The van der Waals surface area contributed by atoms with Gasteiger partial charge in [-0.1, -0.05) is 49.4 Å². The largest absolute Gasteiger partial charge is 0.418 e. The number of hydrogen-bond donors (Lipinski definition) is 0. The number of nitrogens with zero attached hydrogens (tertiary/aromatic N) is 4. The van der Waals surface area contributed by atoms with Crippen LogP contribution in [0, 0.1) is 0 Å². The van der Waals surface area contributed by atoms with Gasteiger partial charge in [-0.3, -0.25) is 9.56 Å². The number of aliphatic imine (C=N–C) groups is 1. The van der Waals surface area contributed by atoms with Crippen LogP contribution < -0.4 is 0 Å². The van der Waals surface area contributed by atoms with Crippen molar-refractivity contribution in [1.29, 1.82) is 0 Å². The summed E-state index contributed by atoms with van der Waals surface area (Å²) in [6, 6.07) is 13.3. The van der Waals surface area contributed by atoms with Crippen molar-refractivity contribution >= 4 is 5.71 Å². The minimum Gasteiger partial charge on any atom is -0.304 e. The highest BCUT2D eigenvalue weighted by Crippen LogP contribution is 2.40. The van der Waals surface area contributed by atoms with Crippen molar-refractivity contribution in [3.05, 3.63) is 82.9 Å². The fourth-order valence-electron chi connectivity index (χ4n) is 3.92. The molecule has 0 amide bonds. The zero-order chi connectivity index (χ0) is 21.5. The third-order valence-corrected chi connectivity index (χ3v) is 5.18. The Kier molecular flexibility index (Phi) is 5.24. The molecule has 0 spiro atoms. The van der Waals surface area contributed by atoms with Crippen LogP contribution in [0.5, 0.6) is 0 Å². The summed E-state index contributed by atoms with van der Waals surface area (Å²) < 4.78 is 44.1. The van der Waals surface area contributed by atoms with E-state index >= 15 is 0 Å². The molecule has 1 aliphatic heterocycles. The number of halogens is 3. The lowest BCUT2D eigenvalue weighted by Gasteiger charge is -2.21. The summed E-state index contributed by atoms with van der Waals surface area (Å²) >= 11 is 0. The molecule has 156 valence electrons. The summed E-state index contributed by atoms with van der Waals surface area (Å²) in [7, 11) is 3.77. The van der Waals surface area contributed by atoms with Crippen LogP contribution >= 0.6 is 0 Å². The van der Waals surface area contributed by atoms with Gasteiger partial charge in [0.25, 0.3) is 0 Å². The number of hydrogen-bond acceptors (Lipinski definition) is 3. The fraction of sp³-hybridized carbons (Fsp3) is 0.304. The maximum absolute atomic E-state index is 14.1. The predicted molar refractivity (Wildman–Crippen MR) is 111 cm³/mol. The maximum Gasteiger partial charge on any atom is 0.418 e. The van der Waals surface area contributed by atoms with Crippen LogP contribution in [0.1, 0.15) is 47.6 Å². The molecule has 30 heavy (non-hydrogen) atoms. The second kappa shape index (κ2) is 7.72. The van der Waals surface area contributed by atoms with E-state index in [0.29, 0.717) is 35.8 Å². The van der Waals surface area contributed by atoms with Crippen molar-refractivity contribution < 1.29 is 13.2 Å². The highest BCUT2D eigenvalue weighted by Gasteiger charge is 2.38. The molecule has 0 aliphatic carbocycles. The van der Waals surface area contributed by atoms with Gasteiger partial charge in [-0.2, -0.15) is 13.2 Å². The Hall–Kier alpha value is -2.93. The van der Waals surface area contributed by atoms with E-state index in [4.69, 9.17) is 4.99 Å². The van der Waals surface area contributed by atoms with Crippen molar-refractivity contribution in [1.82, 2.24) is 14.5 Å². The smallest absolute Gasteiger partial charge is 0.304 e. The SMILES string of the molecule is CCC1N=C(c2ccccc2)c2cccc(C(F)(F)F)c2-n2c(CN(C)C)cnc21. The quantitative estimate of drug-likeness (QED) is 0.586. The Morgan fingerprint density at radius 3 is 2.40 bits per heavy atom. The molecule has 4 rings (SSSR count). The average molecular weight is 412 g/mol. The second-order valence-corrected chi connectivity index (χ2v) is 7.65. The van der Waals surface area contributed by atoms with E-state index in [1.807, 2.05) is 56.3 Å². The Morgan fingerprint density at radius 1 is 1.03 bits per heavy atom. The van der Waals surface area contributed by atoms with Crippen molar-refractivity contribution in [2.45, 2.75) is 32.1 Å². The van der Waals surface area contributed by atoms with Gasteiger partial charge in [0.2, 0.25) is 0 Å². The molecule has 2 heterocycles. The molecule has 1 aliphatic rings. The van der Waals surface area contributed by atoms with Crippen LogP contribution in [0.3, 0.4) is 0 Å². The molecule has 1 unspecified atom stereocenters. The van der Waals surface area contributed by atoms with E-state index in [9.17, 15) is 13.2 Å². The van der Waals surface area contributed by atoms with Gasteiger partial charge in [0.1, 0.15) is 11.9 Å². The van der Waals surface area contributed by atoms with Gasteiger partial charge in [-0.25, -0.2) is 4.98 Å². The number of imidazole rings is 1. The van der Waals surface area contributed by atoms with Gasteiger partial charge in [0.15, 0.2) is 0 Å². The highest BCUT2D eigenvalue weighted by atomic mass is 19.4. The first kappa shape index (κ1) is 20.3. The van der Waals surface area contributed by atoms with Crippen LogP contribution in [-0.2, 0) is 12.7 Å². The van der Waals surface area contributed by atoms with Crippen LogP contribution in [0.15, 0.2) is 59.7 Å². The number of fused-ring (bicyclic) bond motifs is 3. The van der Waals surface area contributed by atoms with Crippen LogP contribution in [0.4, 0.5) is 13.2 Å². The maximum atomic E-state index is 14.1. The molecular formula is C23H23F3N4. The summed E-state index contributed by atoms with van der Waals surface area (Å²) in [5.41, 5.74) is 1.94. The standard InChI is InChI=1S/C23H23F3N4/c1-4-19-22-27-13-16(14-29(2)3)30(22)21-17(11-8-12-18(21)23(24,25)26)20(28-19)15-9-6-5-7-10-15/h5-13,19H,4,14H2,1-3H3. The second-order valence-electron chi connectivity index (χ2n) is 7.65. The summed E-state index contributed by atoms with van der Waals surface area (Å²) in [6.07, 6.45) is -2.21. The van der Waals surface area contributed by atoms with Crippen molar-refractivity contribution in [3.63, 3.8) is 0 Å². The Bertz CT molecular complexity index is 1080. The van der Waals surface area contributed by atoms with Crippen molar-refractivity contribution in [2.24, 2.45) is 4.99 Å². The third kappa shape index (κ3) is 3.54. The van der Waals surface area contributed by atoms with E-state index in [-0.39, 0.29) is 11.7 Å². The van der Waals surface area contributed by atoms with Gasteiger partial charge < -0.3 is 4.90 Å². The Balaban J connectivity index is 2.09. The van der Waals surface area contributed by atoms with Gasteiger partial charge in [-0.15, -0.1) is 0 Å².